The lowest BCUT2D eigenvalue weighted by Gasteiger charge is -2.13. The lowest BCUT2D eigenvalue weighted by molar-refractivity contribution is -0.122. The third kappa shape index (κ3) is 3.11. The Kier molecular flexibility index (Phi) is 3.84. The van der Waals surface area contributed by atoms with Crippen molar-refractivity contribution in [3.05, 3.63) is 28.2 Å². The molecule has 1 unspecified atom stereocenters. The van der Waals surface area contributed by atoms with Crippen molar-refractivity contribution in [3.63, 3.8) is 0 Å². The van der Waals surface area contributed by atoms with E-state index in [1.54, 1.807) is 6.07 Å². The maximum absolute atomic E-state index is 11.9. The lowest BCUT2D eigenvalue weighted by Crippen LogP contribution is -2.37. The molecule has 1 aromatic rings. The predicted octanol–water partition coefficient (Wildman–Crippen LogP) is 1.36. The molecular formula is C12H11BrN2O4. The Morgan fingerprint density at radius 1 is 1.42 bits per heavy atom. The number of aromatic carboxylic acids is 1. The van der Waals surface area contributed by atoms with Crippen molar-refractivity contribution < 1.29 is 19.5 Å². The molecule has 2 amide bonds. The van der Waals surface area contributed by atoms with Crippen LogP contribution in [0.3, 0.4) is 0 Å². The SMILES string of the molecule is O=C1CCC(C(=O)Nc2cc(Br)ccc2C(=O)O)N1. The summed E-state index contributed by atoms with van der Waals surface area (Å²) in [6.45, 7) is 0. The molecule has 1 aliphatic rings. The third-order valence-electron chi connectivity index (χ3n) is 2.78. The van der Waals surface area contributed by atoms with E-state index in [0.717, 1.165) is 0 Å². The molecule has 1 fully saturated rings. The fourth-order valence-corrected chi connectivity index (χ4v) is 2.20. The third-order valence-corrected chi connectivity index (χ3v) is 3.27. The largest absolute Gasteiger partial charge is 0.478 e. The minimum absolute atomic E-state index is 0.000809. The molecule has 7 heteroatoms. The van der Waals surface area contributed by atoms with Gasteiger partial charge in [0.15, 0.2) is 0 Å². The van der Waals surface area contributed by atoms with Crippen LogP contribution < -0.4 is 10.6 Å². The van der Waals surface area contributed by atoms with Gasteiger partial charge >= 0.3 is 5.97 Å². The van der Waals surface area contributed by atoms with Gasteiger partial charge in [0, 0.05) is 10.9 Å². The summed E-state index contributed by atoms with van der Waals surface area (Å²) >= 11 is 3.21. The second-order valence-corrected chi connectivity index (χ2v) is 5.06. The quantitative estimate of drug-likeness (QED) is 0.781. The molecule has 0 aromatic heterocycles. The van der Waals surface area contributed by atoms with E-state index in [1.165, 1.54) is 12.1 Å². The first-order chi connectivity index (χ1) is 8.97. The molecule has 1 heterocycles. The molecule has 1 aromatic carbocycles. The normalized spacial score (nSPS) is 17.9. The van der Waals surface area contributed by atoms with Gasteiger partial charge in [0.05, 0.1) is 11.3 Å². The molecule has 19 heavy (non-hydrogen) atoms. The van der Waals surface area contributed by atoms with E-state index in [1.807, 2.05) is 0 Å². The van der Waals surface area contributed by atoms with Crippen LogP contribution in [0.5, 0.6) is 0 Å². The van der Waals surface area contributed by atoms with Crippen LogP contribution in [0.2, 0.25) is 0 Å². The zero-order valence-electron chi connectivity index (χ0n) is 9.77. The van der Waals surface area contributed by atoms with E-state index in [0.29, 0.717) is 17.3 Å². The van der Waals surface area contributed by atoms with Crippen molar-refractivity contribution in [3.8, 4) is 0 Å². The van der Waals surface area contributed by atoms with E-state index < -0.39 is 17.9 Å². The first kappa shape index (κ1) is 13.5. The highest BCUT2D eigenvalue weighted by Crippen LogP contribution is 2.22. The molecule has 0 aliphatic carbocycles. The molecular weight excluding hydrogens is 316 g/mol. The first-order valence-corrected chi connectivity index (χ1v) is 6.40. The highest BCUT2D eigenvalue weighted by Gasteiger charge is 2.27. The summed E-state index contributed by atoms with van der Waals surface area (Å²) in [6, 6.07) is 3.89. The Bertz CT molecular complexity index is 559. The highest BCUT2D eigenvalue weighted by atomic mass is 79.9. The summed E-state index contributed by atoms with van der Waals surface area (Å²) in [6.07, 6.45) is 0.726. The number of carbonyl (C=O) groups excluding carboxylic acids is 2. The maximum Gasteiger partial charge on any atom is 0.337 e. The molecule has 0 radical (unpaired) electrons. The van der Waals surface area contributed by atoms with E-state index in [9.17, 15) is 14.4 Å². The second-order valence-electron chi connectivity index (χ2n) is 4.14. The Hall–Kier alpha value is -1.89. The minimum Gasteiger partial charge on any atom is -0.478 e. The number of rotatable bonds is 3. The first-order valence-electron chi connectivity index (χ1n) is 5.60. The summed E-state index contributed by atoms with van der Waals surface area (Å²) < 4.78 is 0.656. The van der Waals surface area contributed by atoms with Crippen LogP contribution >= 0.6 is 15.9 Å². The van der Waals surface area contributed by atoms with Crippen molar-refractivity contribution in [1.29, 1.82) is 0 Å². The van der Waals surface area contributed by atoms with Gasteiger partial charge in [-0.15, -0.1) is 0 Å². The maximum atomic E-state index is 11.9. The van der Waals surface area contributed by atoms with Crippen LogP contribution in [-0.4, -0.2) is 28.9 Å². The van der Waals surface area contributed by atoms with E-state index in [4.69, 9.17) is 5.11 Å². The Balaban J connectivity index is 2.18. The zero-order valence-corrected chi connectivity index (χ0v) is 11.4. The predicted molar refractivity (Wildman–Crippen MR) is 70.9 cm³/mol. The number of anilines is 1. The topological polar surface area (TPSA) is 95.5 Å². The molecule has 2 rings (SSSR count). The number of halogens is 1. The number of hydrogen-bond donors (Lipinski definition) is 3. The van der Waals surface area contributed by atoms with Crippen molar-refractivity contribution in [2.75, 3.05) is 5.32 Å². The number of benzene rings is 1. The average molecular weight is 327 g/mol. The molecule has 0 bridgehead atoms. The number of carboxylic acid groups (broad SMARTS) is 1. The highest BCUT2D eigenvalue weighted by molar-refractivity contribution is 9.10. The van der Waals surface area contributed by atoms with Gasteiger partial charge < -0.3 is 15.7 Å². The lowest BCUT2D eigenvalue weighted by atomic mass is 10.1. The molecule has 1 aliphatic heterocycles. The molecule has 6 nitrogen and oxygen atoms in total. The van der Waals surface area contributed by atoms with Crippen LogP contribution in [0.1, 0.15) is 23.2 Å². The Labute approximate surface area is 117 Å². The second kappa shape index (κ2) is 5.40. The van der Waals surface area contributed by atoms with E-state index >= 15 is 0 Å². The van der Waals surface area contributed by atoms with Crippen LogP contribution in [0.15, 0.2) is 22.7 Å². The summed E-state index contributed by atoms with van der Waals surface area (Å²) in [7, 11) is 0. The van der Waals surface area contributed by atoms with Crippen molar-refractivity contribution in [2.45, 2.75) is 18.9 Å². The summed E-state index contributed by atoms with van der Waals surface area (Å²) in [4.78, 5) is 34.0. The van der Waals surface area contributed by atoms with Gasteiger partial charge in [-0.3, -0.25) is 9.59 Å². The monoisotopic (exact) mass is 326 g/mol. The number of carbonyl (C=O) groups is 3. The van der Waals surface area contributed by atoms with Crippen molar-refractivity contribution in [1.82, 2.24) is 5.32 Å². The molecule has 100 valence electrons. The van der Waals surface area contributed by atoms with Crippen molar-refractivity contribution in [2.24, 2.45) is 0 Å². The van der Waals surface area contributed by atoms with Crippen LogP contribution in [0, 0.1) is 0 Å². The van der Waals surface area contributed by atoms with Crippen LogP contribution in [-0.2, 0) is 9.59 Å². The van der Waals surface area contributed by atoms with Gasteiger partial charge in [-0.1, -0.05) is 15.9 Å². The van der Waals surface area contributed by atoms with Gasteiger partial charge in [0.2, 0.25) is 11.8 Å². The number of carboxylic acids is 1. The van der Waals surface area contributed by atoms with Crippen molar-refractivity contribution >= 4 is 39.4 Å². The zero-order chi connectivity index (χ0) is 14.0. The molecule has 0 saturated carbocycles. The van der Waals surface area contributed by atoms with E-state index in [2.05, 4.69) is 26.6 Å². The molecule has 1 atom stereocenters. The van der Waals surface area contributed by atoms with Crippen LogP contribution in [0.25, 0.3) is 0 Å². The standard InChI is InChI=1S/C12H11BrN2O4/c13-6-1-2-7(12(18)19)9(5-6)15-11(17)8-3-4-10(16)14-8/h1-2,5,8H,3-4H2,(H,14,16)(H,15,17)(H,18,19). The van der Waals surface area contributed by atoms with Gasteiger partial charge in [-0.05, 0) is 24.6 Å². The summed E-state index contributed by atoms with van der Waals surface area (Å²) in [5.74, 6) is -1.71. The van der Waals surface area contributed by atoms with Crippen LogP contribution in [0.4, 0.5) is 5.69 Å². The Morgan fingerprint density at radius 2 is 2.16 bits per heavy atom. The number of amides is 2. The number of hydrogen-bond acceptors (Lipinski definition) is 3. The minimum atomic E-state index is -1.13. The summed E-state index contributed by atoms with van der Waals surface area (Å²) in [5.41, 5.74) is 0.203. The van der Waals surface area contributed by atoms with Gasteiger partial charge in [0.1, 0.15) is 6.04 Å². The fourth-order valence-electron chi connectivity index (χ4n) is 1.84. The van der Waals surface area contributed by atoms with Gasteiger partial charge in [0.25, 0.3) is 0 Å². The summed E-state index contributed by atoms with van der Waals surface area (Å²) in [5, 5.41) is 14.1. The number of nitrogens with one attached hydrogen (secondary N) is 2. The molecule has 0 spiro atoms. The molecule has 1 saturated heterocycles. The molecule has 3 N–H and O–H groups in total. The smallest absolute Gasteiger partial charge is 0.337 e. The average Bonchev–Trinajstić information content (AvgIpc) is 2.75. The fraction of sp³-hybridized carbons (Fsp3) is 0.250. The van der Waals surface area contributed by atoms with Gasteiger partial charge in [-0.25, -0.2) is 4.79 Å². The van der Waals surface area contributed by atoms with Gasteiger partial charge in [-0.2, -0.15) is 0 Å². The Morgan fingerprint density at radius 3 is 2.74 bits per heavy atom. The van der Waals surface area contributed by atoms with E-state index in [-0.39, 0.29) is 17.2 Å².